The number of aromatic nitrogens is 2. The fourth-order valence-corrected chi connectivity index (χ4v) is 2.92. The Labute approximate surface area is 147 Å². The zero-order chi connectivity index (χ0) is 18.2. The second kappa shape index (κ2) is 6.31. The fourth-order valence-electron chi connectivity index (χ4n) is 2.92. The molecule has 2 aromatic rings. The summed E-state index contributed by atoms with van der Waals surface area (Å²) in [6.07, 6.45) is 2.30. The third-order valence-electron chi connectivity index (χ3n) is 4.08. The van der Waals surface area contributed by atoms with Crippen LogP contribution in [0.5, 0.6) is 0 Å². The summed E-state index contributed by atoms with van der Waals surface area (Å²) in [5.74, 6) is 0.782. The van der Waals surface area contributed by atoms with Gasteiger partial charge in [-0.05, 0) is 50.5 Å². The second-order valence-corrected chi connectivity index (χ2v) is 7.31. The molecule has 3 rings (SSSR count). The van der Waals surface area contributed by atoms with Gasteiger partial charge in [0.25, 0.3) is 0 Å². The molecule has 0 radical (unpaired) electrons. The molecule has 1 aromatic heterocycles. The van der Waals surface area contributed by atoms with Crippen molar-refractivity contribution in [3.8, 4) is 0 Å². The molecular weight excluding hydrogens is 318 g/mol. The number of ether oxygens (including phenoxy) is 1. The molecule has 1 aliphatic heterocycles. The Morgan fingerprint density at radius 1 is 1.28 bits per heavy atom. The predicted molar refractivity (Wildman–Crippen MR) is 97.7 cm³/mol. The van der Waals surface area contributed by atoms with E-state index in [1.165, 1.54) is 0 Å². The van der Waals surface area contributed by atoms with Crippen LogP contribution in [-0.2, 0) is 24.8 Å². The highest BCUT2D eigenvalue weighted by atomic mass is 16.6. The van der Waals surface area contributed by atoms with E-state index in [4.69, 9.17) is 10.5 Å². The van der Waals surface area contributed by atoms with Crippen LogP contribution in [0.4, 0.5) is 22.0 Å². The largest absolute Gasteiger partial charge is 0.444 e. The number of amides is 1. The van der Waals surface area contributed by atoms with Crippen LogP contribution in [0, 0.1) is 0 Å². The minimum Gasteiger partial charge on any atom is -0.444 e. The number of fused-ring (bicyclic) bond motifs is 1. The van der Waals surface area contributed by atoms with Crippen molar-refractivity contribution >= 4 is 23.3 Å². The minimum absolute atomic E-state index is 0.305. The van der Waals surface area contributed by atoms with Gasteiger partial charge in [0, 0.05) is 37.2 Å². The number of benzene rings is 1. The number of carbonyl (C=O) groups is 1. The number of nitrogen functional groups attached to an aromatic ring is 1. The first kappa shape index (κ1) is 17.1. The summed E-state index contributed by atoms with van der Waals surface area (Å²) in [7, 11) is 1.88. The molecule has 0 fully saturated rings. The van der Waals surface area contributed by atoms with E-state index in [9.17, 15) is 4.79 Å². The van der Waals surface area contributed by atoms with Crippen LogP contribution >= 0.6 is 0 Å². The van der Waals surface area contributed by atoms with Crippen molar-refractivity contribution < 1.29 is 9.53 Å². The van der Waals surface area contributed by atoms with Gasteiger partial charge in [-0.25, -0.2) is 4.79 Å². The van der Waals surface area contributed by atoms with Crippen LogP contribution in [-0.4, -0.2) is 32.9 Å². The monoisotopic (exact) mass is 343 g/mol. The normalized spacial score (nSPS) is 14.2. The maximum atomic E-state index is 12.3. The first-order valence-electron chi connectivity index (χ1n) is 8.38. The third-order valence-corrected chi connectivity index (χ3v) is 4.08. The van der Waals surface area contributed by atoms with Crippen LogP contribution in [0.2, 0.25) is 0 Å². The van der Waals surface area contributed by atoms with Gasteiger partial charge in [-0.1, -0.05) is 0 Å². The highest BCUT2D eigenvalue weighted by Gasteiger charge is 2.28. The average molecular weight is 343 g/mol. The number of rotatable bonds is 2. The zero-order valence-electron chi connectivity index (χ0n) is 15.2. The molecule has 1 aromatic carbocycles. The second-order valence-electron chi connectivity index (χ2n) is 7.31. The Kier molecular flexibility index (Phi) is 4.32. The number of nitrogens with one attached hydrogen (secondary N) is 1. The van der Waals surface area contributed by atoms with Gasteiger partial charge in [0.05, 0.1) is 6.54 Å². The molecule has 0 saturated heterocycles. The van der Waals surface area contributed by atoms with Crippen molar-refractivity contribution in [1.29, 1.82) is 0 Å². The quantitative estimate of drug-likeness (QED) is 0.819. The van der Waals surface area contributed by atoms with Gasteiger partial charge in [0.2, 0.25) is 0 Å². The minimum atomic E-state index is -0.509. The first-order valence-corrected chi connectivity index (χ1v) is 8.38. The van der Waals surface area contributed by atoms with E-state index in [0.717, 1.165) is 29.1 Å². The van der Waals surface area contributed by atoms with Crippen LogP contribution in [0.3, 0.4) is 0 Å². The highest BCUT2D eigenvalue weighted by molar-refractivity contribution is 5.73. The lowest BCUT2D eigenvalue weighted by Crippen LogP contribution is -2.40. The van der Waals surface area contributed by atoms with Crippen molar-refractivity contribution in [2.24, 2.45) is 7.05 Å². The number of nitrogens with two attached hydrogens (primary N) is 1. The number of hydrogen-bond acceptors (Lipinski definition) is 5. The molecular formula is C18H25N5O2. The zero-order valence-corrected chi connectivity index (χ0v) is 15.2. The van der Waals surface area contributed by atoms with Gasteiger partial charge >= 0.3 is 6.09 Å². The van der Waals surface area contributed by atoms with E-state index in [-0.39, 0.29) is 6.09 Å². The van der Waals surface area contributed by atoms with Gasteiger partial charge in [-0.15, -0.1) is 0 Å². The maximum absolute atomic E-state index is 12.3. The molecule has 7 nitrogen and oxygen atoms in total. The summed E-state index contributed by atoms with van der Waals surface area (Å²) in [5.41, 5.74) is 9.43. The summed E-state index contributed by atoms with van der Waals surface area (Å²) in [6.45, 7) is 6.65. The standard InChI is InChI=1S/C18H25N5O2/c1-18(2,3)25-17(24)23-10-7-12-13(11-23)14(19)5-6-15(12)20-16-8-9-22(4)21-16/h5-6,8-9H,7,10-11,19H2,1-4H3,(H,20,21). The third kappa shape index (κ3) is 3.87. The van der Waals surface area contributed by atoms with Gasteiger partial charge in [-0.3, -0.25) is 4.68 Å². The van der Waals surface area contributed by atoms with Gasteiger partial charge in [-0.2, -0.15) is 5.10 Å². The molecule has 3 N–H and O–H groups in total. The number of anilines is 3. The van der Waals surface area contributed by atoms with Gasteiger partial charge in [0.1, 0.15) is 5.60 Å². The van der Waals surface area contributed by atoms with Crippen LogP contribution in [0.25, 0.3) is 0 Å². The average Bonchev–Trinajstić information content (AvgIpc) is 2.93. The number of hydrogen-bond donors (Lipinski definition) is 2. The van der Waals surface area contributed by atoms with Crippen molar-refractivity contribution in [1.82, 2.24) is 14.7 Å². The Hall–Kier alpha value is -2.70. The van der Waals surface area contributed by atoms with Crippen molar-refractivity contribution in [2.75, 3.05) is 17.6 Å². The topological polar surface area (TPSA) is 85.4 Å². The fraction of sp³-hybridized carbons (Fsp3) is 0.444. The van der Waals surface area contributed by atoms with Crippen molar-refractivity contribution in [3.63, 3.8) is 0 Å². The molecule has 7 heteroatoms. The lowest BCUT2D eigenvalue weighted by molar-refractivity contribution is 0.0224. The summed E-state index contributed by atoms with van der Waals surface area (Å²) in [6, 6.07) is 5.74. The van der Waals surface area contributed by atoms with E-state index in [1.807, 2.05) is 52.2 Å². The maximum Gasteiger partial charge on any atom is 0.410 e. The van der Waals surface area contributed by atoms with Gasteiger partial charge < -0.3 is 20.7 Å². The van der Waals surface area contributed by atoms with Crippen LogP contribution in [0.15, 0.2) is 24.4 Å². The molecule has 25 heavy (non-hydrogen) atoms. The Bertz CT molecular complexity index is 791. The van der Waals surface area contributed by atoms with E-state index >= 15 is 0 Å². The number of aryl methyl sites for hydroxylation is 1. The van der Waals surface area contributed by atoms with E-state index in [2.05, 4.69) is 10.4 Å². The van der Waals surface area contributed by atoms with E-state index in [1.54, 1.807) is 9.58 Å². The smallest absolute Gasteiger partial charge is 0.410 e. The van der Waals surface area contributed by atoms with Crippen LogP contribution in [0.1, 0.15) is 31.9 Å². The lowest BCUT2D eigenvalue weighted by atomic mass is 9.96. The number of nitrogens with zero attached hydrogens (tertiary/aromatic N) is 3. The molecule has 0 aliphatic carbocycles. The number of carbonyl (C=O) groups excluding carboxylic acids is 1. The summed E-state index contributed by atoms with van der Waals surface area (Å²) in [5, 5.41) is 7.69. The molecule has 134 valence electrons. The lowest BCUT2D eigenvalue weighted by Gasteiger charge is -2.32. The molecule has 1 amide bonds. The summed E-state index contributed by atoms with van der Waals surface area (Å²) >= 11 is 0. The van der Waals surface area contributed by atoms with Gasteiger partial charge in [0.15, 0.2) is 5.82 Å². The molecule has 0 saturated carbocycles. The Morgan fingerprint density at radius 2 is 2.04 bits per heavy atom. The van der Waals surface area contributed by atoms with Crippen LogP contribution < -0.4 is 11.1 Å². The first-order chi connectivity index (χ1) is 11.7. The van der Waals surface area contributed by atoms with E-state index < -0.39 is 5.60 Å². The van der Waals surface area contributed by atoms with E-state index in [0.29, 0.717) is 18.8 Å². The molecule has 2 heterocycles. The summed E-state index contributed by atoms with van der Waals surface area (Å²) < 4.78 is 7.22. The van der Waals surface area contributed by atoms with Crippen molar-refractivity contribution in [3.05, 3.63) is 35.5 Å². The SMILES string of the molecule is Cn1ccc(Nc2ccc(N)c3c2CCN(C(=O)OC(C)(C)C)C3)n1. The molecule has 1 aliphatic rings. The molecule has 0 unspecified atom stereocenters. The predicted octanol–water partition coefficient (Wildman–Crippen LogP) is 3.04. The Morgan fingerprint density at radius 3 is 2.68 bits per heavy atom. The van der Waals surface area contributed by atoms with Crippen molar-refractivity contribution in [2.45, 2.75) is 39.3 Å². The molecule has 0 atom stereocenters. The highest BCUT2D eigenvalue weighted by Crippen LogP contribution is 2.32. The summed E-state index contributed by atoms with van der Waals surface area (Å²) in [4.78, 5) is 14.1. The Balaban J connectivity index is 1.82. The molecule has 0 bridgehead atoms. The molecule has 0 spiro atoms.